The van der Waals surface area contributed by atoms with Crippen LogP contribution in [-0.2, 0) is 6.54 Å². The molecule has 1 atom stereocenters. The summed E-state index contributed by atoms with van der Waals surface area (Å²) in [5.74, 6) is 0. The van der Waals surface area contributed by atoms with Gasteiger partial charge in [-0.2, -0.15) is 0 Å². The molecule has 0 bridgehead atoms. The molecule has 1 N–H and O–H groups in total. The first-order chi connectivity index (χ1) is 9.78. The van der Waals surface area contributed by atoms with E-state index in [0.29, 0.717) is 18.2 Å². The van der Waals surface area contributed by atoms with E-state index in [2.05, 4.69) is 15.3 Å². The SMILES string of the molecule is CNC1CCCN(CCn2nc3ccccn3c2=O)C1.Cl. The van der Waals surface area contributed by atoms with E-state index in [1.807, 2.05) is 25.2 Å². The van der Waals surface area contributed by atoms with Gasteiger partial charge in [0, 0.05) is 25.3 Å². The van der Waals surface area contributed by atoms with Gasteiger partial charge in [-0.25, -0.2) is 9.48 Å². The van der Waals surface area contributed by atoms with Gasteiger partial charge in [-0.15, -0.1) is 17.5 Å². The number of rotatable bonds is 4. The second kappa shape index (κ2) is 7.06. The Balaban J connectivity index is 0.00000161. The summed E-state index contributed by atoms with van der Waals surface area (Å²) in [6, 6.07) is 6.17. The molecule has 0 aliphatic carbocycles. The number of likely N-dealkylation sites (N-methyl/N-ethyl adjacent to an activating group) is 1. The number of pyridine rings is 1. The number of aromatic nitrogens is 3. The topological polar surface area (TPSA) is 54.6 Å². The molecular weight excluding hydrogens is 290 g/mol. The smallest absolute Gasteiger partial charge is 0.316 e. The van der Waals surface area contributed by atoms with Gasteiger partial charge in [0.15, 0.2) is 5.65 Å². The molecule has 0 spiro atoms. The normalized spacial score (nSPS) is 19.6. The van der Waals surface area contributed by atoms with E-state index in [1.54, 1.807) is 15.3 Å². The van der Waals surface area contributed by atoms with E-state index in [-0.39, 0.29) is 18.1 Å². The van der Waals surface area contributed by atoms with Crippen LogP contribution in [0.3, 0.4) is 0 Å². The van der Waals surface area contributed by atoms with Gasteiger partial charge in [0.1, 0.15) is 0 Å². The molecule has 3 rings (SSSR count). The third-order valence-electron chi connectivity index (χ3n) is 4.03. The zero-order valence-corrected chi connectivity index (χ0v) is 13.1. The van der Waals surface area contributed by atoms with Gasteiger partial charge in [0.25, 0.3) is 0 Å². The van der Waals surface area contributed by atoms with E-state index in [1.165, 1.54) is 12.8 Å². The van der Waals surface area contributed by atoms with Crippen LogP contribution in [0.2, 0.25) is 0 Å². The summed E-state index contributed by atoms with van der Waals surface area (Å²) in [5.41, 5.74) is 0.659. The lowest BCUT2D eigenvalue weighted by molar-refractivity contribution is 0.186. The van der Waals surface area contributed by atoms with Crippen LogP contribution in [0.5, 0.6) is 0 Å². The molecule has 1 saturated heterocycles. The van der Waals surface area contributed by atoms with Gasteiger partial charge >= 0.3 is 5.69 Å². The summed E-state index contributed by atoms with van der Waals surface area (Å²) < 4.78 is 3.16. The Morgan fingerprint density at radius 2 is 2.24 bits per heavy atom. The highest BCUT2D eigenvalue weighted by atomic mass is 35.5. The van der Waals surface area contributed by atoms with Crippen LogP contribution in [0.1, 0.15) is 12.8 Å². The van der Waals surface area contributed by atoms with Crippen molar-refractivity contribution in [1.82, 2.24) is 24.4 Å². The van der Waals surface area contributed by atoms with Gasteiger partial charge in [-0.05, 0) is 38.6 Å². The van der Waals surface area contributed by atoms with Gasteiger partial charge in [-0.3, -0.25) is 9.30 Å². The lowest BCUT2D eigenvalue weighted by atomic mass is 10.1. The Morgan fingerprint density at radius 1 is 1.38 bits per heavy atom. The van der Waals surface area contributed by atoms with Crippen molar-refractivity contribution in [3.05, 3.63) is 34.9 Å². The minimum Gasteiger partial charge on any atom is -0.316 e. The summed E-state index contributed by atoms with van der Waals surface area (Å²) in [5, 5.41) is 7.70. The van der Waals surface area contributed by atoms with Crippen molar-refractivity contribution in [2.24, 2.45) is 0 Å². The van der Waals surface area contributed by atoms with Crippen LogP contribution in [0.15, 0.2) is 29.2 Å². The number of hydrogen-bond acceptors (Lipinski definition) is 4. The molecule has 0 amide bonds. The molecule has 21 heavy (non-hydrogen) atoms. The first kappa shape index (κ1) is 16.0. The molecule has 1 fully saturated rings. The summed E-state index contributed by atoms with van der Waals surface area (Å²) in [6.07, 6.45) is 4.21. The highest BCUT2D eigenvalue weighted by molar-refractivity contribution is 5.85. The first-order valence-electron chi connectivity index (χ1n) is 7.22. The number of hydrogen-bond donors (Lipinski definition) is 1. The molecular formula is C14H22ClN5O. The highest BCUT2D eigenvalue weighted by Gasteiger charge is 2.18. The van der Waals surface area contributed by atoms with E-state index in [9.17, 15) is 4.79 Å². The molecule has 1 aliphatic rings. The molecule has 2 aromatic heterocycles. The standard InChI is InChI=1S/C14H21N5O.ClH/c1-15-12-5-4-7-17(11-12)9-10-19-14(20)18-8-3-2-6-13(18)16-19;/h2-3,6,8,12,15H,4-5,7,9-11H2,1H3;1H. The van der Waals surface area contributed by atoms with Crippen LogP contribution in [-0.4, -0.2) is 51.8 Å². The molecule has 7 heteroatoms. The molecule has 0 saturated carbocycles. The Kier molecular flexibility index (Phi) is 5.39. The zero-order chi connectivity index (χ0) is 13.9. The molecule has 3 heterocycles. The number of piperidine rings is 1. The summed E-state index contributed by atoms with van der Waals surface area (Å²) in [4.78, 5) is 14.6. The second-order valence-corrected chi connectivity index (χ2v) is 5.36. The molecule has 116 valence electrons. The third-order valence-corrected chi connectivity index (χ3v) is 4.03. The Labute approximate surface area is 130 Å². The molecule has 0 radical (unpaired) electrons. The van der Waals surface area contributed by atoms with E-state index in [4.69, 9.17) is 0 Å². The lowest BCUT2D eigenvalue weighted by Crippen LogP contribution is -2.45. The molecule has 1 aliphatic heterocycles. The van der Waals surface area contributed by atoms with E-state index >= 15 is 0 Å². The average molecular weight is 312 g/mol. The van der Waals surface area contributed by atoms with Crippen molar-refractivity contribution in [2.45, 2.75) is 25.4 Å². The Hall–Kier alpha value is -1.37. The van der Waals surface area contributed by atoms with Crippen molar-refractivity contribution < 1.29 is 0 Å². The lowest BCUT2D eigenvalue weighted by Gasteiger charge is -2.32. The fourth-order valence-electron chi connectivity index (χ4n) is 2.84. The van der Waals surface area contributed by atoms with Crippen LogP contribution in [0, 0.1) is 0 Å². The van der Waals surface area contributed by atoms with Crippen molar-refractivity contribution in [3.63, 3.8) is 0 Å². The van der Waals surface area contributed by atoms with Gasteiger partial charge in [-0.1, -0.05) is 6.07 Å². The Bertz CT molecular complexity index is 638. The number of nitrogens with zero attached hydrogens (tertiary/aromatic N) is 4. The number of fused-ring (bicyclic) bond motifs is 1. The van der Waals surface area contributed by atoms with Crippen molar-refractivity contribution in [3.8, 4) is 0 Å². The average Bonchev–Trinajstić information content (AvgIpc) is 2.82. The largest absolute Gasteiger partial charge is 0.350 e. The minimum atomic E-state index is -0.0530. The second-order valence-electron chi connectivity index (χ2n) is 5.36. The monoisotopic (exact) mass is 311 g/mol. The van der Waals surface area contributed by atoms with Crippen molar-refractivity contribution in [2.75, 3.05) is 26.7 Å². The number of halogens is 1. The third kappa shape index (κ3) is 3.45. The summed E-state index contributed by atoms with van der Waals surface area (Å²) in [6.45, 7) is 3.69. The number of nitrogens with one attached hydrogen (secondary N) is 1. The van der Waals surface area contributed by atoms with Crippen LogP contribution in [0.4, 0.5) is 0 Å². The number of likely N-dealkylation sites (tertiary alicyclic amines) is 1. The van der Waals surface area contributed by atoms with Crippen LogP contribution >= 0.6 is 12.4 Å². The minimum absolute atomic E-state index is 0. The van der Waals surface area contributed by atoms with Crippen molar-refractivity contribution >= 4 is 18.1 Å². The van der Waals surface area contributed by atoms with Gasteiger partial charge in [0.2, 0.25) is 0 Å². The Morgan fingerprint density at radius 3 is 3.00 bits per heavy atom. The molecule has 2 aromatic rings. The van der Waals surface area contributed by atoms with Crippen LogP contribution in [0.25, 0.3) is 5.65 Å². The fraction of sp³-hybridized carbons (Fsp3) is 0.571. The van der Waals surface area contributed by atoms with Gasteiger partial charge < -0.3 is 5.32 Å². The maximum Gasteiger partial charge on any atom is 0.350 e. The fourth-order valence-corrected chi connectivity index (χ4v) is 2.84. The first-order valence-corrected chi connectivity index (χ1v) is 7.22. The summed E-state index contributed by atoms with van der Waals surface area (Å²) >= 11 is 0. The maximum atomic E-state index is 12.2. The maximum absolute atomic E-state index is 12.2. The molecule has 1 unspecified atom stereocenters. The zero-order valence-electron chi connectivity index (χ0n) is 12.2. The predicted molar refractivity (Wildman–Crippen MR) is 85.2 cm³/mol. The van der Waals surface area contributed by atoms with Gasteiger partial charge in [0.05, 0.1) is 6.54 Å². The summed E-state index contributed by atoms with van der Waals surface area (Å²) in [7, 11) is 2.01. The predicted octanol–water partition coefficient (Wildman–Crippen LogP) is 0.602. The highest BCUT2D eigenvalue weighted by Crippen LogP contribution is 2.09. The molecule has 6 nitrogen and oxygen atoms in total. The van der Waals surface area contributed by atoms with Crippen molar-refractivity contribution in [1.29, 1.82) is 0 Å². The quantitative estimate of drug-likeness (QED) is 0.898. The molecule has 0 aromatic carbocycles. The van der Waals surface area contributed by atoms with E-state index in [0.717, 1.165) is 19.6 Å². The van der Waals surface area contributed by atoms with Crippen LogP contribution < -0.4 is 11.0 Å². The van der Waals surface area contributed by atoms with E-state index < -0.39 is 0 Å².